The maximum Gasteiger partial charge on any atom is 0.270 e. The first kappa shape index (κ1) is 14.6. The number of carbonyl (C=O) groups is 1. The van der Waals surface area contributed by atoms with Crippen molar-refractivity contribution < 1.29 is 9.53 Å². The van der Waals surface area contributed by atoms with E-state index in [-0.39, 0.29) is 5.91 Å². The van der Waals surface area contributed by atoms with Gasteiger partial charge in [-0.25, -0.2) is 0 Å². The van der Waals surface area contributed by atoms with E-state index in [2.05, 4.69) is 37.5 Å². The van der Waals surface area contributed by atoms with Gasteiger partial charge in [0.25, 0.3) is 5.91 Å². The van der Waals surface area contributed by atoms with Crippen molar-refractivity contribution in [3.05, 3.63) is 22.7 Å². The highest BCUT2D eigenvalue weighted by Gasteiger charge is 2.24. The van der Waals surface area contributed by atoms with Crippen LogP contribution in [0.1, 0.15) is 29.2 Å². The van der Waals surface area contributed by atoms with Gasteiger partial charge in [-0.15, -0.1) is 11.3 Å². The molecule has 0 saturated carbocycles. The predicted octanol–water partition coefficient (Wildman–Crippen LogP) is 3.14. The first-order valence-corrected chi connectivity index (χ1v) is 8.34. The Morgan fingerprint density at radius 3 is 2.71 bits per heavy atom. The van der Waals surface area contributed by atoms with Crippen molar-refractivity contribution in [1.82, 2.24) is 9.47 Å². The third kappa shape index (κ3) is 2.85. The van der Waals surface area contributed by atoms with Gasteiger partial charge in [0.05, 0.1) is 23.4 Å². The number of carbonyl (C=O) groups excluding carboxylic acids is 1. The van der Waals surface area contributed by atoms with Gasteiger partial charge in [0, 0.05) is 24.5 Å². The Morgan fingerprint density at radius 2 is 2.05 bits per heavy atom. The van der Waals surface area contributed by atoms with Crippen LogP contribution in [0, 0.1) is 12.8 Å². The van der Waals surface area contributed by atoms with Crippen molar-refractivity contribution >= 4 is 27.5 Å². The van der Waals surface area contributed by atoms with Gasteiger partial charge in [0.1, 0.15) is 5.69 Å². The van der Waals surface area contributed by atoms with Gasteiger partial charge in [-0.2, -0.15) is 0 Å². The standard InChI is InChI=1S/C16H22N2O2S/c1-11(2)10-18-13-8-12(3)21-15(13)9-14(18)16(19)17-4-6-20-7-5-17/h8-9,11H,4-7,10H2,1-3H3. The normalized spacial score (nSPS) is 16.1. The summed E-state index contributed by atoms with van der Waals surface area (Å²) in [6, 6.07) is 4.26. The van der Waals surface area contributed by atoms with Gasteiger partial charge >= 0.3 is 0 Å². The summed E-state index contributed by atoms with van der Waals surface area (Å²) in [4.78, 5) is 16.0. The lowest BCUT2D eigenvalue weighted by atomic mass is 10.2. The number of thiophene rings is 1. The van der Waals surface area contributed by atoms with Gasteiger partial charge in [0.2, 0.25) is 0 Å². The molecule has 3 heterocycles. The molecule has 0 aromatic carbocycles. The molecule has 1 aliphatic rings. The van der Waals surface area contributed by atoms with Crippen molar-refractivity contribution in [2.45, 2.75) is 27.3 Å². The van der Waals surface area contributed by atoms with Crippen LogP contribution in [0.2, 0.25) is 0 Å². The molecule has 0 spiro atoms. The number of rotatable bonds is 3. The maximum absolute atomic E-state index is 12.8. The monoisotopic (exact) mass is 306 g/mol. The summed E-state index contributed by atoms with van der Waals surface area (Å²) < 4.78 is 8.75. The molecular weight excluding hydrogens is 284 g/mol. The molecule has 2 aromatic rings. The number of ether oxygens (including phenoxy) is 1. The predicted molar refractivity (Wildman–Crippen MR) is 86.1 cm³/mol. The fraction of sp³-hybridized carbons (Fsp3) is 0.562. The minimum Gasteiger partial charge on any atom is -0.378 e. The molecule has 1 fully saturated rings. The van der Waals surface area contributed by atoms with Crippen LogP contribution in [-0.2, 0) is 11.3 Å². The van der Waals surface area contributed by atoms with Crippen LogP contribution in [0.4, 0.5) is 0 Å². The highest BCUT2D eigenvalue weighted by molar-refractivity contribution is 7.19. The van der Waals surface area contributed by atoms with Crippen LogP contribution in [0.3, 0.4) is 0 Å². The summed E-state index contributed by atoms with van der Waals surface area (Å²) >= 11 is 1.76. The van der Waals surface area contributed by atoms with Crippen LogP contribution in [0.15, 0.2) is 12.1 Å². The summed E-state index contributed by atoms with van der Waals surface area (Å²) in [7, 11) is 0. The Morgan fingerprint density at radius 1 is 1.33 bits per heavy atom. The van der Waals surface area contributed by atoms with E-state index in [4.69, 9.17) is 4.74 Å². The largest absolute Gasteiger partial charge is 0.378 e. The lowest BCUT2D eigenvalue weighted by Crippen LogP contribution is -2.41. The zero-order valence-corrected chi connectivity index (χ0v) is 13.7. The summed E-state index contributed by atoms with van der Waals surface area (Å²) in [5.41, 5.74) is 2.02. The fourth-order valence-electron chi connectivity index (χ4n) is 2.83. The Labute approximate surface area is 129 Å². The molecule has 1 aliphatic heterocycles. The third-order valence-electron chi connectivity index (χ3n) is 3.78. The number of morpholine rings is 1. The minimum absolute atomic E-state index is 0.139. The molecule has 0 radical (unpaired) electrons. The van der Waals surface area contributed by atoms with Crippen molar-refractivity contribution in [2.24, 2.45) is 5.92 Å². The van der Waals surface area contributed by atoms with E-state index in [0.29, 0.717) is 32.2 Å². The van der Waals surface area contributed by atoms with Gasteiger partial charge in [-0.1, -0.05) is 13.8 Å². The van der Waals surface area contributed by atoms with Crippen LogP contribution in [0.25, 0.3) is 10.2 Å². The van der Waals surface area contributed by atoms with E-state index in [1.54, 1.807) is 11.3 Å². The van der Waals surface area contributed by atoms with Crippen LogP contribution < -0.4 is 0 Å². The Bertz CT molecular complexity index is 651. The summed E-state index contributed by atoms with van der Waals surface area (Å²) in [5.74, 6) is 0.650. The Hall–Kier alpha value is -1.33. The van der Waals surface area contributed by atoms with Crippen molar-refractivity contribution in [3.63, 3.8) is 0 Å². The third-order valence-corrected chi connectivity index (χ3v) is 4.76. The molecule has 0 N–H and O–H groups in total. The highest BCUT2D eigenvalue weighted by atomic mass is 32.1. The number of amides is 1. The SMILES string of the molecule is Cc1cc2c(cc(C(=O)N3CCOCC3)n2CC(C)C)s1. The molecule has 0 unspecified atom stereocenters. The van der Waals surface area contributed by atoms with E-state index >= 15 is 0 Å². The number of aryl methyl sites for hydroxylation is 1. The smallest absolute Gasteiger partial charge is 0.270 e. The maximum atomic E-state index is 12.8. The molecule has 21 heavy (non-hydrogen) atoms. The molecule has 114 valence electrons. The molecule has 3 rings (SSSR count). The summed E-state index contributed by atoms with van der Waals surface area (Å²) in [6.45, 7) is 10.0. The molecule has 4 nitrogen and oxygen atoms in total. The van der Waals surface area contributed by atoms with Gasteiger partial charge in [0.15, 0.2) is 0 Å². The zero-order chi connectivity index (χ0) is 15.0. The van der Waals surface area contributed by atoms with Crippen LogP contribution in [0.5, 0.6) is 0 Å². The quantitative estimate of drug-likeness (QED) is 0.873. The molecule has 2 aromatic heterocycles. The Balaban J connectivity index is 1.99. The molecular formula is C16H22N2O2S. The first-order valence-electron chi connectivity index (χ1n) is 7.53. The molecule has 1 saturated heterocycles. The first-order chi connectivity index (χ1) is 10.1. The van der Waals surface area contributed by atoms with Crippen LogP contribution >= 0.6 is 11.3 Å². The lowest BCUT2D eigenvalue weighted by Gasteiger charge is -2.27. The van der Waals surface area contributed by atoms with Crippen LogP contribution in [-0.4, -0.2) is 41.7 Å². The number of hydrogen-bond acceptors (Lipinski definition) is 3. The lowest BCUT2D eigenvalue weighted by molar-refractivity contribution is 0.0296. The second-order valence-electron chi connectivity index (χ2n) is 6.05. The molecule has 0 atom stereocenters. The number of fused-ring (bicyclic) bond motifs is 1. The highest BCUT2D eigenvalue weighted by Crippen LogP contribution is 2.30. The topological polar surface area (TPSA) is 34.5 Å². The zero-order valence-electron chi connectivity index (χ0n) is 12.9. The Kier molecular flexibility index (Phi) is 4.04. The number of hydrogen-bond donors (Lipinski definition) is 0. The summed E-state index contributed by atoms with van der Waals surface area (Å²) in [6.07, 6.45) is 0. The van der Waals surface area contributed by atoms with E-state index < -0.39 is 0 Å². The molecule has 1 amide bonds. The fourth-order valence-corrected chi connectivity index (χ4v) is 3.79. The molecule has 0 bridgehead atoms. The van der Waals surface area contributed by atoms with E-state index in [9.17, 15) is 4.79 Å². The minimum atomic E-state index is 0.139. The number of nitrogens with zero attached hydrogens (tertiary/aromatic N) is 2. The van der Waals surface area contributed by atoms with Gasteiger partial charge in [-0.3, -0.25) is 4.79 Å². The average Bonchev–Trinajstić information content (AvgIpc) is 2.96. The second-order valence-corrected chi connectivity index (χ2v) is 7.33. The summed E-state index contributed by atoms with van der Waals surface area (Å²) in [5, 5.41) is 0. The van der Waals surface area contributed by atoms with E-state index in [0.717, 1.165) is 12.2 Å². The second kappa shape index (κ2) is 5.81. The number of aromatic nitrogens is 1. The van der Waals surface area contributed by atoms with E-state index in [1.165, 1.54) is 15.1 Å². The van der Waals surface area contributed by atoms with E-state index in [1.807, 2.05) is 4.90 Å². The molecule has 5 heteroatoms. The molecule has 0 aliphatic carbocycles. The van der Waals surface area contributed by atoms with Gasteiger partial charge in [-0.05, 0) is 25.0 Å². The van der Waals surface area contributed by atoms with Crippen molar-refractivity contribution in [2.75, 3.05) is 26.3 Å². The van der Waals surface area contributed by atoms with Crippen molar-refractivity contribution in [1.29, 1.82) is 0 Å². The van der Waals surface area contributed by atoms with Gasteiger partial charge < -0.3 is 14.2 Å². The average molecular weight is 306 g/mol. The van der Waals surface area contributed by atoms with Crippen molar-refractivity contribution in [3.8, 4) is 0 Å².